The Morgan fingerprint density at radius 2 is 1.94 bits per heavy atom. The summed E-state index contributed by atoms with van der Waals surface area (Å²) < 4.78 is 25.9. The molecule has 0 spiro atoms. The molecule has 0 heterocycles. The standard InChI is InChI=1S/C12H17NO4S/c1-8-5-4-6-11(7-8)9(2)13-18(16,17)10(3)12(14)15/h4-7,9-10,13H,1-3H3,(H,14,15)/t9-,10?/m0/s1. The highest BCUT2D eigenvalue weighted by atomic mass is 32.2. The van der Waals surface area contributed by atoms with Crippen molar-refractivity contribution in [1.82, 2.24) is 4.72 Å². The highest BCUT2D eigenvalue weighted by molar-refractivity contribution is 7.90. The second kappa shape index (κ2) is 5.49. The Morgan fingerprint density at radius 1 is 1.33 bits per heavy atom. The molecule has 0 fully saturated rings. The van der Waals surface area contributed by atoms with Crippen LogP contribution < -0.4 is 4.72 Å². The molecule has 0 aliphatic carbocycles. The van der Waals surface area contributed by atoms with Gasteiger partial charge < -0.3 is 5.11 Å². The van der Waals surface area contributed by atoms with Gasteiger partial charge >= 0.3 is 5.97 Å². The summed E-state index contributed by atoms with van der Waals surface area (Å²) in [6, 6.07) is 6.93. The third-order valence-electron chi connectivity index (χ3n) is 2.70. The second-order valence-electron chi connectivity index (χ2n) is 4.28. The maximum atomic E-state index is 11.7. The van der Waals surface area contributed by atoms with Gasteiger partial charge in [0.1, 0.15) is 0 Å². The van der Waals surface area contributed by atoms with E-state index in [-0.39, 0.29) is 0 Å². The van der Waals surface area contributed by atoms with Gasteiger partial charge in [0.15, 0.2) is 5.25 Å². The van der Waals surface area contributed by atoms with Crippen LogP contribution in [0.1, 0.15) is 31.0 Å². The van der Waals surface area contributed by atoms with Crippen molar-refractivity contribution in [3.63, 3.8) is 0 Å². The van der Waals surface area contributed by atoms with Gasteiger partial charge in [0, 0.05) is 6.04 Å². The van der Waals surface area contributed by atoms with Crippen molar-refractivity contribution in [3.05, 3.63) is 35.4 Å². The molecular weight excluding hydrogens is 254 g/mol. The zero-order valence-corrected chi connectivity index (χ0v) is 11.4. The molecule has 0 bridgehead atoms. The lowest BCUT2D eigenvalue weighted by Crippen LogP contribution is -2.38. The molecule has 100 valence electrons. The van der Waals surface area contributed by atoms with Gasteiger partial charge in [-0.3, -0.25) is 4.79 Å². The van der Waals surface area contributed by atoms with E-state index in [9.17, 15) is 13.2 Å². The minimum atomic E-state index is -3.87. The molecule has 5 nitrogen and oxygen atoms in total. The van der Waals surface area contributed by atoms with Crippen molar-refractivity contribution in [3.8, 4) is 0 Å². The summed E-state index contributed by atoms with van der Waals surface area (Å²) in [5.41, 5.74) is 1.82. The summed E-state index contributed by atoms with van der Waals surface area (Å²) >= 11 is 0. The zero-order valence-electron chi connectivity index (χ0n) is 10.5. The average molecular weight is 271 g/mol. The molecule has 0 saturated heterocycles. The van der Waals surface area contributed by atoms with Gasteiger partial charge in [-0.1, -0.05) is 29.8 Å². The summed E-state index contributed by atoms with van der Waals surface area (Å²) in [6.45, 7) is 4.74. The lowest BCUT2D eigenvalue weighted by molar-refractivity contribution is -0.136. The summed E-state index contributed by atoms with van der Waals surface area (Å²) in [6.07, 6.45) is 0. The van der Waals surface area contributed by atoms with Gasteiger partial charge in [-0.15, -0.1) is 0 Å². The number of hydrogen-bond donors (Lipinski definition) is 2. The minimum absolute atomic E-state index is 0.461. The molecule has 2 N–H and O–H groups in total. The van der Waals surface area contributed by atoms with Gasteiger partial charge in [0.2, 0.25) is 10.0 Å². The number of aliphatic carboxylic acids is 1. The van der Waals surface area contributed by atoms with E-state index in [1.807, 2.05) is 25.1 Å². The van der Waals surface area contributed by atoms with Crippen LogP contribution in [-0.4, -0.2) is 24.7 Å². The second-order valence-corrected chi connectivity index (χ2v) is 6.31. The molecule has 0 aliphatic rings. The van der Waals surface area contributed by atoms with E-state index in [1.54, 1.807) is 13.0 Å². The van der Waals surface area contributed by atoms with Crippen molar-refractivity contribution in [1.29, 1.82) is 0 Å². The van der Waals surface area contributed by atoms with Crippen LogP contribution in [0.3, 0.4) is 0 Å². The van der Waals surface area contributed by atoms with Gasteiger partial charge in [0.25, 0.3) is 0 Å². The van der Waals surface area contributed by atoms with Crippen LogP contribution in [0.15, 0.2) is 24.3 Å². The SMILES string of the molecule is Cc1cccc([C@H](C)NS(=O)(=O)C(C)C(=O)O)c1. The number of carboxylic acid groups (broad SMARTS) is 1. The fourth-order valence-corrected chi connectivity index (χ4v) is 2.59. The van der Waals surface area contributed by atoms with Crippen molar-refractivity contribution in [2.75, 3.05) is 0 Å². The third-order valence-corrected chi connectivity index (χ3v) is 4.51. The molecule has 0 saturated carbocycles. The molecule has 6 heteroatoms. The fraction of sp³-hybridized carbons (Fsp3) is 0.417. The molecule has 0 radical (unpaired) electrons. The number of hydrogen-bond acceptors (Lipinski definition) is 3. The van der Waals surface area contributed by atoms with Crippen LogP contribution in [-0.2, 0) is 14.8 Å². The zero-order chi connectivity index (χ0) is 13.9. The van der Waals surface area contributed by atoms with Crippen LogP contribution in [0.25, 0.3) is 0 Å². The van der Waals surface area contributed by atoms with Gasteiger partial charge in [-0.25, -0.2) is 13.1 Å². The Hall–Kier alpha value is -1.40. The summed E-state index contributed by atoms with van der Waals surface area (Å²) in [5, 5.41) is 7.26. The highest BCUT2D eigenvalue weighted by Crippen LogP contribution is 2.16. The number of aryl methyl sites for hydroxylation is 1. The molecular formula is C12H17NO4S. The maximum Gasteiger partial charge on any atom is 0.323 e. The van der Waals surface area contributed by atoms with Crippen LogP contribution in [0.4, 0.5) is 0 Å². The predicted octanol–water partition coefficient (Wildman–Crippen LogP) is 1.45. The van der Waals surface area contributed by atoms with Crippen molar-refractivity contribution < 1.29 is 18.3 Å². The molecule has 18 heavy (non-hydrogen) atoms. The topological polar surface area (TPSA) is 83.5 Å². The monoisotopic (exact) mass is 271 g/mol. The third kappa shape index (κ3) is 3.54. The van der Waals surface area contributed by atoms with Crippen LogP contribution in [0.2, 0.25) is 0 Å². The van der Waals surface area contributed by atoms with Crippen molar-refractivity contribution in [2.45, 2.75) is 32.1 Å². The normalized spacial score (nSPS) is 15.1. The minimum Gasteiger partial charge on any atom is -0.480 e. The van der Waals surface area contributed by atoms with E-state index in [0.717, 1.165) is 18.1 Å². The first kappa shape index (κ1) is 14.7. The highest BCUT2D eigenvalue weighted by Gasteiger charge is 2.29. The smallest absolute Gasteiger partial charge is 0.323 e. The van der Waals surface area contributed by atoms with E-state index < -0.39 is 27.3 Å². The molecule has 1 unspecified atom stereocenters. The molecule has 0 aliphatic heterocycles. The molecule has 1 rings (SSSR count). The first-order valence-electron chi connectivity index (χ1n) is 5.54. The summed E-state index contributed by atoms with van der Waals surface area (Å²) in [4.78, 5) is 10.7. The summed E-state index contributed by atoms with van der Waals surface area (Å²) in [7, 11) is -3.87. The van der Waals surface area contributed by atoms with Crippen molar-refractivity contribution >= 4 is 16.0 Å². The number of carboxylic acids is 1. The number of nitrogens with one attached hydrogen (secondary N) is 1. The van der Waals surface area contributed by atoms with E-state index in [0.29, 0.717) is 0 Å². The molecule has 2 atom stereocenters. The molecule has 0 aromatic heterocycles. The predicted molar refractivity (Wildman–Crippen MR) is 68.7 cm³/mol. The Kier molecular flexibility index (Phi) is 4.48. The molecule has 1 aromatic rings. The van der Waals surface area contributed by atoms with Crippen LogP contribution in [0, 0.1) is 6.92 Å². The lowest BCUT2D eigenvalue weighted by atomic mass is 10.1. The Morgan fingerprint density at radius 3 is 2.44 bits per heavy atom. The van der Waals surface area contributed by atoms with E-state index in [1.165, 1.54) is 0 Å². The Labute approximate surface area is 107 Å². The van der Waals surface area contributed by atoms with Crippen LogP contribution >= 0.6 is 0 Å². The molecule has 1 aromatic carbocycles. The van der Waals surface area contributed by atoms with E-state index >= 15 is 0 Å². The fourth-order valence-electron chi connectivity index (χ4n) is 1.49. The Bertz CT molecular complexity index is 539. The first-order valence-corrected chi connectivity index (χ1v) is 7.09. The van der Waals surface area contributed by atoms with Gasteiger partial charge in [0.05, 0.1) is 0 Å². The largest absolute Gasteiger partial charge is 0.480 e. The average Bonchev–Trinajstić information content (AvgIpc) is 2.27. The van der Waals surface area contributed by atoms with Gasteiger partial charge in [-0.05, 0) is 26.3 Å². The van der Waals surface area contributed by atoms with Crippen molar-refractivity contribution in [2.24, 2.45) is 0 Å². The van der Waals surface area contributed by atoms with Gasteiger partial charge in [-0.2, -0.15) is 0 Å². The number of sulfonamides is 1. The summed E-state index contributed by atoms with van der Waals surface area (Å²) in [5.74, 6) is -1.36. The molecule has 0 amide bonds. The number of rotatable bonds is 5. The number of benzene rings is 1. The van der Waals surface area contributed by atoms with E-state index in [4.69, 9.17) is 5.11 Å². The number of carbonyl (C=O) groups is 1. The quantitative estimate of drug-likeness (QED) is 0.849. The lowest BCUT2D eigenvalue weighted by Gasteiger charge is -2.17. The first-order chi connectivity index (χ1) is 8.24. The van der Waals surface area contributed by atoms with E-state index in [2.05, 4.69) is 4.72 Å². The maximum absolute atomic E-state index is 11.7. The Balaban J connectivity index is 2.88. The van der Waals surface area contributed by atoms with Crippen LogP contribution in [0.5, 0.6) is 0 Å².